The first-order valence-electron chi connectivity index (χ1n) is 10.2. The lowest BCUT2D eigenvalue weighted by molar-refractivity contribution is 0.460. The molecule has 0 unspecified atom stereocenters. The Morgan fingerprint density at radius 2 is 1.08 bits per heavy atom. The van der Waals surface area contributed by atoms with Crippen molar-refractivity contribution < 1.29 is 5.11 Å². The van der Waals surface area contributed by atoms with Gasteiger partial charge in [0.1, 0.15) is 5.75 Å². The molecule has 0 atom stereocenters. The minimum absolute atomic E-state index is 0.280. The van der Waals surface area contributed by atoms with Crippen molar-refractivity contribution in [3.8, 4) is 5.75 Å². The third kappa shape index (κ3) is 2.92. The fourth-order valence-electron chi connectivity index (χ4n) is 6.22. The van der Waals surface area contributed by atoms with E-state index in [0.29, 0.717) is 5.75 Å². The molecule has 1 N–H and O–H groups in total. The average Bonchev–Trinajstić information content (AvgIpc) is 2.64. The lowest BCUT2D eigenvalue weighted by Crippen LogP contribution is -2.69. The predicted octanol–water partition coefficient (Wildman–Crippen LogP) is 7.14. The maximum atomic E-state index is 10.9. The van der Waals surface area contributed by atoms with Crippen LogP contribution in [0, 0.1) is 0 Å². The highest BCUT2D eigenvalue weighted by Crippen LogP contribution is 2.55. The molecular formula is C21H40OSi2. The summed E-state index contributed by atoms with van der Waals surface area (Å²) >= 11 is 0. The van der Waals surface area contributed by atoms with Gasteiger partial charge in [-0.1, -0.05) is 109 Å². The molecule has 0 saturated heterocycles. The van der Waals surface area contributed by atoms with Crippen molar-refractivity contribution in [1.82, 2.24) is 0 Å². The Hall–Kier alpha value is -0.546. The molecular weight excluding hydrogens is 324 g/mol. The van der Waals surface area contributed by atoms with Crippen molar-refractivity contribution in [2.45, 2.75) is 95.8 Å². The molecule has 1 aromatic carbocycles. The van der Waals surface area contributed by atoms with Gasteiger partial charge in [0.2, 0.25) is 0 Å². The van der Waals surface area contributed by atoms with Gasteiger partial charge in [0.05, 0.1) is 16.1 Å². The van der Waals surface area contributed by atoms with Crippen LogP contribution in [0.3, 0.4) is 0 Å². The van der Waals surface area contributed by atoms with Crippen molar-refractivity contribution in [2.75, 3.05) is 0 Å². The predicted molar refractivity (Wildman–Crippen MR) is 114 cm³/mol. The number of hydrogen-bond donors (Lipinski definition) is 1. The molecule has 0 spiro atoms. The quantitative estimate of drug-likeness (QED) is 0.437. The SMILES string of the molecule is CCC(c1ccccc1O)([Si](CC)(CC)CC)[Si](CC)(CC)CC. The lowest BCUT2D eigenvalue weighted by atomic mass is 10.1. The zero-order chi connectivity index (χ0) is 18.4. The van der Waals surface area contributed by atoms with Crippen molar-refractivity contribution >= 4 is 16.1 Å². The molecule has 0 radical (unpaired) electrons. The van der Waals surface area contributed by atoms with Crippen LogP contribution in [0.15, 0.2) is 24.3 Å². The van der Waals surface area contributed by atoms with Crippen LogP contribution in [0.1, 0.15) is 60.5 Å². The third-order valence-corrected chi connectivity index (χ3v) is 23.9. The first-order valence-corrected chi connectivity index (χ1v) is 15.5. The Bertz CT molecular complexity index is 468. The zero-order valence-corrected chi connectivity index (χ0v) is 19.2. The highest BCUT2D eigenvalue weighted by molar-refractivity contribution is 7.01. The maximum Gasteiger partial charge on any atom is 0.118 e. The summed E-state index contributed by atoms with van der Waals surface area (Å²) in [6.07, 6.45) is 1.20. The molecule has 24 heavy (non-hydrogen) atoms. The van der Waals surface area contributed by atoms with Crippen molar-refractivity contribution in [3.05, 3.63) is 29.8 Å². The number of rotatable bonds is 10. The lowest BCUT2D eigenvalue weighted by Gasteiger charge is -2.59. The Morgan fingerprint density at radius 3 is 1.38 bits per heavy atom. The second-order valence-corrected chi connectivity index (χ2v) is 19.0. The first kappa shape index (κ1) is 21.5. The highest BCUT2D eigenvalue weighted by Gasteiger charge is 2.60. The summed E-state index contributed by atoms with van der Waals surface area (Å²) in [4.78, 5) is 0. The van der Waals surface area contributed by atoms with Crippen LogP contribution in [-0.4, -0.2) is 21.3 Å². The molecule has 1 aromatic rings. The second-order valence-electron chi connectivity index (χ2n) is 7.46. The molecule has 0 aliphatic rings. The molecule has 1 nitrogen and oxygen atoms in total. The van der Waals surface area contributed by atoms with Gasteiger partial charge in [0.25, 0.3) is 0 Å². The van der Waals surface area contributed by atoms with E-state index in [-0.39, 0.29) is 4.66 Å². The summed E-state index contributed by atoms with van der Waals surface area (Å²) < 4.78 is 0.280. The molecule has 0 fully saturated rings. The normalized spacial score (nSPS) is 13.3. The summed E-state index contributed by atoms with van der Waals surface area (Å²) in [7, 11) is -3.13. The van der Waals surface area contributed by atoms with Gasteiger partial charge < -0.3 is 5.11 Å². The van der Waals surface area contributed by atoms with Crippen LogP contribution in [0.25, 0.3) is 0 Å². The second kappa shape index (κ2) is 8.71. The minimum atomic E-state index is -1.57. The largest absolute Gasteiger partial charge is 0.508 e. The Kier molecular flexibility index (Phi) is 7.80. The van der Waals surface area contributed by atoms with E-state index in [9.17, 15) is 5.11 Å². The molecule has 0 amide bonds. The summed E-state index contributed by atoms with van der Waals surface area (Å²) in [6, 6.07) is 16.3. The highest BCUT2D eigenvalue weighted by atomic mass is 28.4. The van der Waals surface area contributed by atoms with E-state index < -0.39 is 16.1 Å². The van der Waals surface area contributed by atoms with Crippen LogP contribution >= 0.6 is 0 Å². The molecule has 3 heteroatoms. The Labute approximate surface area is 152 Å². The van der Waals surface area contributed by atoms with Crippen LogP contribution in [0.5, 0.6) is 5.75 Å². The van der Waals surface area contributed by atoms with Crippen LogP contribution in [0.2, 0.25) is 36.3 Å². The summed E-state index contributed by atoms with van der Waals surface area (Å²) in [5, 5.41) is 10.9. The standard InChI is InChI=1S/C21H40OSi2/c1-8-21(23(9-2,10-3)11-4,24(12-5,13-6)14-7)19-17-15-16-18-20(19)22/h15-18,22H,8-14H2,1-7H3. The maximum absolute atomic E-state index is 10.9. The average molecular weight is 365 g/mol. The van der Waals surface area contributed by atoms with Gasteiger partial charge in [-0.15, -0.1) is 0 Å². The van der Waals surface area contributed by atoms with Gasteiger partial charge in [0, 0.05) is 0 Å². The Balaban J connectivity index is 3.96. The van der Waals surface area contributed by atoms with Crippen molar-refractivity contribution in [3.63, 3.8) is 0 Å². The monoisotopic (exact) mass is 364 g/mol. The molecule has 138 valence electrons. The van der Waals surface area contributed by atoms with Gasteiger partial charge in [-0.3, -0.25) is 0 Å². The first-order chi connectivity index (χ1) is 11.4. The van der Waals surface area contributed by atoms with E-state index in [1.807, 2.05) is 12.1 Å². The van der Waals surface area contributed by atoms with E-state index in [1.54, 1.807) is 0 Å². The van der Waals surface area contributed by atoms with E-state index in [4.69, 9.17) is 0 Å². The Morgan fingerprint density at radius 1 is 0.708 bits per heavy atom. The van der Waals surface area contributed by atoms with E-state index in [1.165, 1.54) is 48.2 Å². The van der Waals surface area contributed by atoms with Crippen molar-refractivity contribution in [1.29, 1.82) is 0 Å². The van der Waals surface area contributed by atoms with Gasteiger partial charge in [-0.2, -0.15) is 0 Å². The molecule has 0 bridgehead atoms. The number of aromatic hydroxyl groups is 1. The number of benzene rings is 1. The minimum Gasteiger partial charge on any atom is -0.508 e. The molecule has 0 aromatic heterocycles. The molecule has 0 saturated carbocycles. The summed E-state index contributed by atoms with van der Waals surface area (Å²) in [6.45, 7) is 17.0. The molecule has 0 heterocycles. The topological polar surface area (TPSA) is 20.2 Å². The van der Waals surface area contributed by atoms with Crippen LogP contribution < -0.4 is 0 Å². The van der Waals surface area contributed by atoms with Gasteiger partial charge in [-0.25, -0.2) is 0 Å². The number of phenolic OH excluding ortho intramolecular Hbond substituents is 1. The molecule has 1 rings (SSSR count). The number of para-hydroxylation sites is 1. The molecule has 0 aliphatic carbocycles. The number of phenols is 1. The summed E-state index contributed by atoms with van der Waals surface area (Å²) in [5.41, 5.74) is 1.31. The smallest absolute Gasteiger partial charge is 0.118 e. The van der Waals surface area contributed by atoms with E-state index >= 15 is 0 Å². The third-order valence-electron chi connectivity index (χ3n) is 7.77. The van der Waals surface area contributed by atoms with Crippen LogP contribution in [0.4, 0.5) is 0 Å². The van der Waals surface area contributed by atoms with Crippen molar-refractivity contribution in [2.24, 2.45) is 0 Å². The van der Waals surface area contributed by atoms with Crippen LogP contribution in [-0.2, 0) is 4.66 Å². The van der Waals surface area contributed by atoms with Gasteiger partial charge in [-0.05, 0) is 16.3 Å². The van der Waals surface area contributed by atoms with Gasteiger partial charge in [0.15, 0.2) is 0 Å². The van der Waals surface area contributed by atoms with Gasteiger partial charge >= 0.3 is 0 Å². The molecule has 0 aliphatic heterocycles. The van der Waals surface area contributed by atoms with E-state index in [0.717, 1.165) is 0 Å². The summed E-state index contributed by atoms with van der Waals surface area (Å²) in [5.74, 6) is 0.554. The zero-order valence-electron chi connectivity index (χ0n) is 17.2. The fraction of sp³-hybridized carbons (Fsp3) is 0.714. The number of hydrogen-bond acceptors (Lipinski definition) is 1. The fourth-order valence-corrected chi connectivity index (χ4v) is 23.6. The van der Waals surface area contributed by atoms with E-state index in [2.05, 4.69) is 60.6 Å².